The van der Waals surface area contributed by atoms with E-state index in [1.54, 1.807) is 0 Å². The van der Waals surface area contributed by atoms with Gasteiger partial charge < -0.3 is 15.6 Å². The van der Waals surface area contributed by atoms with Gasteiger partial charge in [-0.1, -0.05) is 13.3 Å². The highest BCUT2D eigenvalue weighted by Crippen LogP contribution is 1.94. The van der Waals surface area contributed by atoms with Crippen molar-refractivity contribution in [2.75, 3.05) is 6.54 Å². The number of nitrogens with one attached hydrogen (secondary N) is 3. The van der Waals surface area contributed by atoms with Gasteiger partial charge in [0.15, 0.2) is 5.11 Å². The fourth-order valence-corrected chi connectivity index (χ4v) is 1.27. The van der Waals surface area contributed by atoms with Crippen molar-refractivity contribution in [2.45, 2.75) is 26.3 Å². The van der Waals surface area contributed by atoms with Crippen LogP contribution in [0.3, 0.4) is 0 Å². The lowest BCUT2D eigenvalue weighted by atomic mass is 10.3. The summed E-state index contributed by atoms with van der Waals surface area (Å²) in [6.07, 6.45) is 6.21. The normalized spacial score (nSPS) is 9.79. The molecule has 1 aromatic heterocycles. The molecule has 0 spiro atoms. The first kappa shape index (κ1) is 11.0. The zero-order chi connectivity index (χ0) is 10.2. The Labute approximate surface area is 90.3 Å². The molecule has 0 saturated carbocycles. The van der Waals surface area contributed by atoms with Crippen LogP contribution >= 0.6 is 12.2 Å². The molecular weight excluding hydrogens is 194 g/mol. The molecule has 0 aliphatic rings. The van der Waals surface area contributed by atoms with E-state index in [4.69, 9.17) is 12.2 Å². The Kier molecular flexibility index (Phi) is 5.07. The minimum Gasteiger partial charge on any atom is -0.367 e. The lowest BCUT2D eigenvalue weighted by Crippen LogP contribution is -2.35. The zero-order valence-electron chi connectivity index (χ0n) is 8.47. The maximum atomic E-state index is 5.11. The summed E-state index contributed by atoms with van der Waals surface area (Å²) in [7, 11) is 0. The van der Waals surface area contributed by atoms with Gasteiger partial charge >= 0.3 is 0 Å². The van der Waals surface area contributed by atoms with E-state index in [2.05, 4.69) is 22.5 Å². The monoisotopic (exact) mass is 211 g/mol. The van der Waals surface area contributed by atoms with Gasteiger partial charge in [-0.3, -0.25) is 0 Å². The quantitative estimate of drug-likeness (QED) is 0.513. The summed E-state index contributed by atoms with van der Waals surface area (Å²) in [5, 5.41) is 7.04. The van der Waals surface area contributed by atoms with Crippen molar-refractivity contribution in [2.24, 2.45) is 0 Å². The van der Waals surface area contributed by atoms with Gasteiger partial charge in [0.2, 0.25) is 0 Å². The minimum absolute atomic E-state index is 0.736. The second-order valence-electron chi connectivity index (χ2n) is 3.18. The van der Waals surface area contributed by atoms with Crippen LogP contribution in [0.1, 0.15) is 25.3 Å². The summed E-state index contributed by atoms with van der Waals surface area (Å²) in [6.45, 7) is 3.90. The first-order valence-corrected chi connectivity index (χ1v) is 5.37. The molecule has 0 aliphatic heterocycles. The van der Waals surface area contributed by atoms with Crippen LogP contribution in [0.25, 0.3) is 0 Å². The summed E-state index contributed by atoms with van der Waals surface area (Å²) >= 11 is 5.11. The van der Waals surface area contributed by atoms with Gasteiger partial charge in [0, 0.05) is 25.5 Å². The highest BCUT2D eigenvalue weighted by molar-refractivity contribution is 7.80. The van der Waals surface area contributed by atoms with Crippen molar-refractivity contribution in [3.8, 4) is 0 Å². The molecule has 3 nitrogen and oxygen atoms in total. The number of aromatic nitrogens is 1. The van der Waals surface area contributed by atoms with Gasteiger partial charge in [0.1, 0.15) is 0 Å². The smallest absolute Gasteiger partial charge is 0.166 e. The van der Waals surface area contributed by atoms with Crippen molar-refractivity contribution in [1.82, 2.24) is 15.6 Å². The Bertz CT molecular complexity index is 256. The third-order valence-electron chi connectivity index (χ3n) is 1.93. The molecule has 0 radical (unpaired) electrons. The summed E-state index contributed by atoms with van der Waals surface area (Å²) in [5.41, 5.74) is 1.21. The lowest BCUT2D eigenvalue weighted by Gasteiger charge is -2.08. The second-order valence-corrected chi connectivity index (χ2v) is 3.59. The van der Waals surface area contributed by atoms with Crippen LogP contribution in [-0.2, 0) is 6.54 Å². The van der Waals surface area contributed by atoms with Crippen molar-refractivity contribution in [1.29, 1.82) is 0 Å². The van der Waals surface area contributed by atoms with Crippen molar-refractivity contribution >= 4 is 17.3 Å². The SMILES string of the molecule is CCCCNC(=S)NCc1cc[nH]c1. The van der Waals surface area contributed by atoms with E-state index in [0.717, 1.165) is 24.6 Å². The van der Waals surface area contributed by atoms with Gasteiger partial charge in [0.25, 0.3) is 0 Å². The summed E-state index contributed by atoms with van der Waals surface area (Å²) in [5.74, 6) is 0. The molecule has 1 aromatic rings. The fourth-order valence-electron chi connectivity index (χ4n) is 1.09. The standard InChI is InChI=1S/C10H17N3S/c1-2-3-5-12-10(14)13-8-9-4-6-11-7-9/h4,6-7,11H,2-3,5,8H2,1H3,(H2,12,13,14). The van der Waals surface area contributed by atoms with E-state index >= 15 is 0 Å². The first-order chi connectivity index (χ1) is 6.83. The van der Waals surface area contributed by atoms with Crippen molar-refractivity contribution in [3.05, 3.63) is 24.0 Å². The van der Waals surface area contributed by atoms with E-state index in [1.807, 2.05) is 18.5 Å². The molecule has 14 heavy (non-hydrogen) atoms. The maximum Gasteiger partial charge on any atom is 0.166 e. The second kappa shape index (κ2) is 6.43. The molecule has 0 atom stereocenters. The molecule has 4 heteroatoms. The number of hydrogen-bond acceptors (Lipinski definition) is 1. The van der Waals surface area contributed by atoms with Gasteiger partial charge in [-0.15, -0.1) is 0 Å². The van der Waals surface area contributed by atoms with Crippen LogP contribution in [0.4, 0.5) is 0 Å². The van der Waals surface area contributed by atoms with E-state index < -0.39 is 0 Å². The summed E-state index contributed by atoms with van der Waals surface area (Å²) < 4.78 is 0. The molecule has 78 valence electrons. The molecule has 0 aliphatic carbocycles. The van der Waals surface area contributed by atoms with Gasteiger partial charge in [-0.05, 0) is 30.3 Å². The maximum absolute atomic E-state index is 5.11. The van der Waals surface area contributed by atoms with E-state index in [1.165, 1.54) is 12.0 Å². The van der Waals surface area contributed by atoms with E-state index in [9.17, 15) is 0 Å². The molecule has 0 fully saturated rings. The minimum atomic E-state index is 0.736. The summed E-state index contributed by atoms with van der Waals surface area (Å²) in [6, 6.07) is 2.03. The summed E-state index contributed by atoms with van der Waals surface area (Å²) in [4.78, 5) is 3.00. The van der Waals surface area contributed by atoms with Gasteiger partial charge in [-0.25, -0.2) is 0 Å². The molecule has 0 unspecified atom stereocenters. The predicted octanol–water partition coefficient (Wildman–Crippen LogP) is 1.78. The Balaban J connectivity index is 2.09. The molecule has 3 N–H and O–H groups in total. The Hall–Kier alpha value is -1.03. The van der Waals surface area contributed by atoms with Gasteiger partial charge in [-0.2, -0.15) is 0 Å². The molecule has 0 bridgehead atoms. The highest BCUT2D eigenvalue weighted by Gasteiger charge is 1.95. The molecule has 1 rings (SSSR count). The molecule has 0 aromatic carbocycles. The molecular formula is C10H17N3S. The first-order valence-electron chi connectivity index (χ1n) is 4.96. The molecule has 1 heterocycles. The van der Waals surface area contributed by atoms with Gasteiger partial charge in [0.05, 0.1) is 0 Å². The van der Waals surface area contributed by atoms with E-state index in [0.29, 0.717) is 0 Å². The van der Waals surface area contributed by atoms with Crippen LogP contribution in [0.5, 0.6) is 0 Å². The van der Waals surface area contributed by atoms with E-state index in [-0.39, 0.29) is 0 Å². The largest absolute Gasteiger partial charge is 0.367 e. The molecule has 0 amide bonds. The zero-order valence-corrected chi connectivity index (χ0v) is 9.29. The highest BCUT2D eigenvalue weighted by atomic mass is 32.1. The topological polar surface area (TPSA) is 39.8 Å². The van der Waals surface area contributed by atoms with Crippen molar-refractivity contribution in [3.63, 3.8) is 0 Å². The number of unbranched alkanes of at least 4 members (excludes halogenated alkanes) is 1. The number of hydrogen-bond donors (Lipinski definition) is 3. The number of thiocarbonyl (C=S) groups is 1. The fraction of sp³-hybridized carbons (Fsp3) is 0.500. The third kappa shape index (κ3) is 4.28. The van der Waals surface area contributed by atoms with Crippen LogP contribution < -0.4 is 10.6 Å². The number of rotatable bonds is 5. The number of H-pyrrole nitrogens is 1. The molecule has 0 saturated heterocycles. The Morgan fingerprint density at radius 3 is 3.00 bits per heavy atom. The lowest BCUT2D eigenvalue weighted by molar-refractivity contribution is 0.739. The predicted molar refractivity (Wildman–Crippen MR) is 63.1 cm³/mol. The van der Waals surface area contributed by atoms with Crippen LogP contribution in [0.15, 0.2) is 18.5 Å². The van der Waals surface area contributed by atoms with Crippen LogP contribution in [0.2, 0.25) is 0 Å². The number of aromatic amines is 1. The average Bonchev–Trinajstić information content (AvgIpc) is 2.68. The third-order valence-corrected chi connectivity index (χ3v) is 2.22. The Morgan fingerprint density at radius 1 is 1.50 bits per heavy atom. The average molecular weight is 211 g/mol. The Morgan fingerprint density at radius 2 is 2.36 bits per heavy atom. The van der Waals surface area contributed by atoms with Crippen molar-refractivity contribution < 1.29 is 0 Å². The van der Waals surface area contributed by atoms with Crippen LogP contribution in [-0.4, -0.2) is 16.6 Å². The van der Waals surface area contributed by atoms with Crippen LogP contribution in [0, 0.1) is 0 Å².